The van der Waals surface area contributed by atoms with Gasteiger partial charge < -0.3 is 14.6 Å². The number of pyridine rings is 1. The van der Waals surface area contributed by atoms with E-state index in [4.69, 9.17) is 14.6 Å². The molecule has 1 rings (SSSR count). The molecule has 0 fully saturated rings. The minimum Gasteiger partial charge on any atom is -0.478 e. The van der Waals surface area contributed by atoms with E-state index >= 15 is 0 Å². The quantitative estimate of drug-likeness (QED) is 0.719. The Balaban J connectivity index is 2.58. The monoisotopic (exact) mass is 253 g/mol. The normalized spacial score (nSPS) is 10.3. The Labute approximate surface area is 107 Å². The molecule has 0 saturated carbocycles. The smallest absolute Gasteiger partial charge is 0.335 e. The summed E-state index contributed by atoms with van der Waals surface area (Å²) < 4.78 is 10.7. The number of carboxylic acid groups (broad SMARTS) is 1. The molecule has 1 heterocycles. The van der Waals surface area contributed by atoms with E-state index in [0.29, 0.717) is 37.8 Å². The molecule has 0 bridgehead atoms. The van der Waals surface area contributed by atoms with Crippen molar-refractivity contribution >= 4 is 5.97 Å². The fourth-order valence-electron chi connectivity index (χ4n) is 1.39. The van der Waals surface area contributed by atoms with E-state index < -0.39 is 5.97 Å². The number of carbonyl (C=O) groups is 1. The predicted octanol–water partition coefficient (Wildman–Crippen LogP) is 2.15. The summed E-state index contributed by atoms with van der Waals surface area (Å²) in [6.07, 6.45) is 1.64. The minimum absolute atomic E-state index is 0.200. The topological polar surface area (TPSA) is 68.7 Å². The Bertz CT molecular complexity index is 393. The summed E-state index contributed by atoms with van der Waals surface area (Å²) in [7, 11) is 0. The van der Waals surface area contributed by atoms with Crippen LogP contribution in [0.3, 0.4) is 0 Å². The first kappa shape index (κ1) is 14.4. The lowest BCUT2D eigenvalue weighted by molar-refractivity contribution is 0.0695. The Kier molecular flexibility index (Phi) is 6.14. The van der Waals surface area contributed by atoms with Crippen molar-refractivity contribution in [1.29, 1.82) is 0 Å². The molecule has 0 amide bonds. The van der Waals surface area contributed by atoms with Gasteiger partial charge in [-0.15, -0.1) is 0 Å². The van der Waals surface area contributed by atoms with Crippen molar-refractivity contribution in [2.24, 2.45) is 0 Å². The zero-order chi connectivity index (χ0) is 13.4. The summed E-state index contributed by atoms with van der Waals surface area (Å²) in [6, 6.07) is 2.99. The number of ether oxygens (including phenoxy) is 2. The molecule has 0 aliphatic heterocycles. The van der Waals surface area contributed by atoms with Gasteiger partial charge in [0.25, 0.3) is 0 Å². The van der Waals surface area contributed by atoms with Crippen molar-refractivity contribution in [3.05, 3.63) is 23.4 Å². The molecule has 0 saturated heterocycles. The van der Waals surface area contributed by atoms with Gasteiger partial charge in [-0.1, -0.05) is 13.8 Å². The molecule has 1 aromatic heterocycles. The van der Waals surface area contributed by atoms with E-state index in [9.17, 15) is 4.79 Å². The second kappa shape index (κ2) is 7.66. The van der Waals surface area contributed by atoms with Gasteiger partial charge in [0, 0.05) is 18.4 Å². The van der Waals surface area contributed by atoms with Crippen LogP contribution in [0.25, 0.3) is 0 Å². The van der Waals surface area contributed by atoms with Gasteiger partial charge in [-0.2, -0.15) is 0 Å². The van der Waals surface area contributed by atoms with Crippen LogP contribution >= 0.6 is 0 Å². The third-order valence-corrected chi connectivity index (χ3v) is 2.29. The van der Waals surface area contributed by atoms with Gasteiger partial charge in [0.1, 0.15) is 6.61 Å². The zero-order valence-electron chi connectivity index (χ0n) is 10.8. The number of aromatic nitrogens is 1. The second-order valence-corrected chi connectivity index (χ2v) is 3.80. The van der Waals surface area contributed by atoms with Gasteiger partial charge in [0.2, 0.25) is 5.88 Å². The minimum atomic E-state index is -0.973. The van der Waals surface area contributed by atoms with Crippen molar-refractivity contribution in [2.75, 3.05) is 19.8 Å². The highest BCUT2D eigenvalue weighted by Crippen LogP contribution is 2.13. The highest BCUT2D eigenvalue weighted by atomic mass is 16.5. The molecular weight excluding hydrogens is 234 g/mol. The van der Waals surface area contributed by atoms with Gasteiger partial charge in [-0.3, -0.25) is 0 Å². The van der Waals surface area contributed by atoms with Gasteiger partial charge in [0.15, 0.2) is 0 Å². The van der Waals surface area contributed by atoms with E-state index in [1.54, 1.807) is 6.07 Å². The lowest BCUT2D eigenvalue weighted by Gasteiger charge is -2.08. The number of hydrogen-bond acceptors (Lipinski definition) is 4. The molecule has 0 spiro atoms. The highest BCUT2D eigenvalue weighted by Gasteiger charge is 2.08. The van der Waals surface area contributed by atoms with E-state index in [1.807, 2.05) is 13.8 Å². The van der Waals surface area contributed by atoms with Gasteiger partial charge in [-0.05, 0) is 18.9 Å². The second-order valence-electron chi connectivity index (χ2n) is 3.80. The SMILES string of the molecule is CCCOCCOc1cc(C(=O)O)cc(CC)n1. The van der Waals surface area contributed by atoms with Crippen LogP contribution in [0.1, 0.15) is 36.3 Å². The first-order valence-electron chi connectivity index (χ1n) is 6.12. The molecule has 1 N–H and O–H groups in total. The molecule has 18 heavy (non-hydrogen) atoms. The first-order valence-corrected chi connectivity index (χ1v) is 6.12. The lowest BCUT2D eigenvalue weighted by atomic mass is 10.2. The number of rotatable bonds is 8. The van der Waals surface area contributed by atoms with Crippen molar-refractivity contribution in [3.8, 4) is 5.88 Å². The molecular formula is C13H19NO4. The van der Waals surface area contributed by atoms with Gasteiger partial charge in [-0.25, -0.2) is 9.78 Å². The summed E-state index contributed by atoms with van der Waals surface area (Å²) in [5, 5.41) is 8.96. The van der Waals surface area contributed by atoms with E-state index in [1.165, 1.54) is 6.07 Å². The van der Waals surface area contributed by atoms with E-state index in [-0.39, 0.29) is 5.56 Å². The molecule has 5 nitrogen and oxygen atoms in total. The summed E-state index contributed by atoms with van der Waals surface area (Å²) in [5.41, 5.74) is 0.908. The molecule has 0 radical (unpaired) electrons. The van der Waals surface area contributed by atoms with Crippen LogP contribution in [0, 0.1) is 0 Å². The van der Waals surface area contributed by atoms with Crippen LogP contribution in [0.2, 0.25) is 0 Å². The molecule has 1 aromatic rings. The highest BCUT2D eigenvalue weighted by molar-refractivity contribution is 5.88. The van der Waals surface area contributed by atoms with Crippen LogP contribution in [-0.2, 0) is 11.2 Å². The standard InChI is InChI=1S/C13H19NO4/c1-3-5-17-6-7-18-12-9-10(13(15)16)8-11(4-2)14-12/h8-9H,3-7H2,1-2H3,(H,15,16). The van der Waals surface area contributed by atoms with Gasteiger partial charge >= 0.3 is 5.97 Å². The fraction of sp³-hybridized carbons (Fsp3) is 0.538. The van der Waals surface area contributed by atoms with Crippen LogP contribution < -0.4 is 4.74 Å². The maximum Gasteiger partial charge on any atom is 0.335 e. The molecule has 0 aromatic carbocycles. The summed E-state index contributed by atoms with van der Waals surface area (Å²) in [5.74, 6) is -0.633. The molecule has 0 aliphatic carbocycles. The number of hydrogen-bond donors (Lipinski definition) is 1. The Morgan fingerprint density at radius 2 is 2.06 bits per heavy atom. The maximum absolute atomic E-state index is 10.9. The fourth-order valence-corrected chi connectivity index (χ4v) is 1.39. The Morgan fingerprint density at radius 1 is 1.28 bits per heavy atom. The molecule has 0 atom stereocenters. The third kappa shape index (κ3) is 4.71. The molecule has 0 unspecified atom stereocenters. The third-order valence-electron chi connectivity index (χ3n) is 2.29. The van der Waals surface area contributed by atoms with Crippen LogP contribution in [0.15, 0.2) is 12.1 Å². The summed E-state index contributed by atoms with van der Waals surface area (Å²) in [6.45, 7) is 5.51. The first-order chi connectivity index (χ1) is 8.67. The average molecular weight is 253 g/mol. The summed E-state index contributed by atoms with van der Waals surface area (Å²) in [4.78, 5) is 15.1. The van der Waals surface area contributed by atoms with Crippen molar-refractivity contribution in [3.63, 3.8) is 0 Å². The van der Waals surface area contributed by atoms with Crippen LogP contribution in [-0.4, -0.2) is 35.9 Å². The van der Waals surface area contributed by atoms with Crippen molar-refractivity contribution in [1.82, 2.24) is 4.98 Å². The largest absolute Gasteiger partial charge is 0.478 e. The number of nitrogens with zero attached hydrogens (tertiary/aromatic N) is 1. The van der Waals surface area contributed by atoms with Gasteiger partial charge in [0.05, 0.1) is 12.2 Å². The van der Waals surface area contributed by atoms with Crippen LogP contribution in [0.4, 0.5) is 0 Å². The average Bonchev–Trinajstić information content (AvgIpc) is 2.38. The van der Waals surface area contributed by atoms with E-state index in [0.717, 1.165) is 6.42 Å². The maximum atomic E-state index is 10.9. The predicted molar refractivity (Wildman–Crippen MR) is 67.2 cm³/mol. The van der Waals surface area contributed by atoms with Crippen LogP contribution in [0.5, 0.6) is 5.88 Å². The lowest BCUT2D eigenvalue weighted by Crippen LogP contribution is -2.09. The molecule has 100 valence electrons. The van der Waals surface area contributed by atoms with Crippen molar-refractivity contribution < 1.29 is 19.4 Å². The van der Waals surface area contributed by atoms with E-state index in [2.05, 4.69) is 4.98 Å². The Morgan fingerprint density at radius 3 is 2.67 bits per heavy atom. The zero-order valence-corrected chi connectivity index (χ0v) is 10.8. The van der Waals surface area contributed by atoms with Crippen molar-refractivity contribution in [2.45, 2.75) is 26.7 Å². The molecule has 0 aliphatic rings. The molecule has 5 heteroatoms. The summed E-state index contributed by atoms with van der Waals surface area (Å²) >= 11 is 0. The number of aromatic carboxylic acids is 1. The Hall–Kier alpha value is -1.62. The number of aryl methyl sites for hydroxylation is 1. The number of carboxylic acids is 1.